The van der Waals surface area contributed by atoms with Gasteiger partial charge < -0.3 is 15.4 Å². The molecule has 1 rings (SSSR count). The lowest BCUT2D eigenvalue weighted by Crippen LogP contribution is -2.19. The van der Waals surface area contributed by atoms with Crippen LogP contribution in [0.1, 0.15) is 27.7 Å². The van der Waals surface area contributed by atoms with Crippen molar-refractivity contribution in [3.8, 4) is 5.75 Å². The average Bonchev–Trinajstić information content (AvgIpc) is 2.36. The number of hydrogen-bond donors (Lipinski definition) is 1. The number of nitrogens with zero attached hydrogens (tertiary/aromatic N) is 1. The Morgan fingerprint density at radius 3 is 1.88 bits per heavy atom. The molecule has 0 saturated heterocycles. The molecule has 0 aliphatic rings. The van der Waals surface area contributed by atoms with Gasteiger partial charge in [0.1, 0.15) is 12.4 Å². The quantitative estimate of drug-likeness (QED) is 0.821. The van der Waals surface area contributed by atoms with Gasteiger partial charge in [-0.3, -0.25) is 0 Å². The predicted molar refractivity (Wildman–Crippen MR) is 77.6 cm³/mol. The first-order chi connectivity index (χ1) is 8.18. The molecule has 0 radical (unpaired) electrons. The number of nitrogen functional groups attached to an aromatic ring is 1. The number of anilines is 1. The molecule has 1 aromatic rings. The second kappa shape index (κ2) is 12.8. The molecule has 0 heterocycles. The Morgan fingerprint density at radius 2 is 1.47 bits per heavy atom. The van der Waals surface area contributed by atoms with Crippen LogP contribution < -0.4 is 10.5 Å². The summed E-state index contributed by atoms with van der Waals surface area (Å²) in [6, 6.07) is 7.44. The maximum absolute atomic E-state index is 5.54. The third-order valence-electron chi connectivity index (χ3n) is 1.69. The molecule has 0 aliphatic carbocycles. The largest absolute Gasteiger partial charge is 0.492 e. The fraction of sp³-hybridized carbons (Fsp3) is 0.571. The summed E-state index contributed by atoms with van der Waals surface area (Å²) >= 11 is 0. The van der Waals surface area contributed by atoms with E-state index in [0.717, 1.165) is 18.0 Å². The van der Waals surface area contributed by atoms with E-state index in [0.29, 0.717) is 6.61 Å². The third kappa shape index (κ3) is 11.1. The molecule has 0 amide bonds. The zero-order valence-corrected chi connectivity index (χ0v) is 12.2. The molecule has 3 nitrogen and oxygen atoms in total. The first kappa shape index (κ1) is 18.2. The first-order valence-corrected chi connectivity index (χ1v) is 6.31. The second-order valence-corrected chi connectivity index (χ2v) is 3.22. The van der Waals surface area contributed by atoms with Crippen LogP contribution in [0.25, 0.3) is 0 Å². The summed E-state index contributed by atoms with van der Waals surface area (Å²) in [7, 11) is 4.04. The lowest BCUT2D eigenvalue weighted by atomic mass is 10.3. The molecule has 1 aromatic carbocycles. The maximum atomic E-state index is 5.54. The van der Waals surface area contributed by atoms with E-state index in [4.69, 9.17) is 10.5 Å². The number of ether oxygens (including phenoxy) is 1. The van der Waals surface area contributed by atoms with Crippen molar-refractivity contribution in [1.82, 2.24) is 4.90 Å². The highest BCUT2D eigenvalue weighted by molar-refractivity contribution is 5.41. The average molecular weight is 240 g/mol. The summed E-state index contributed by atoms with van der Waals surface area (Å²) in [6.07, 6.45) is 0. The molecule has 17 heavy (non-hydrogen) atoms. The van der Waals surface area contributed by atoms with Gasteiger partial charge in [0.15, 0.2) is 0 Å². The van der Waals surface area contributed by atoms with Crippen LogP contribution in [0.4, 0.5) is 5.69 Å². The monoisotopic (exact) mass is 240 g/mol. The molecule has 0 bridgehead atoms. The summed E-state index contributed by atoms with van der Waals surface area (Å²) in [5, 5.41) is 0. The van der Waals surface area contributed by atoms with Crippen LogP contribution in [-0.4, -0.2) is 32.1 Å². The first-order valence-electron chi connectivity index (χ1n) is 6.31. The summed E-state index contributed by atoms with van der Waals surface area (Å²) < 4.78 is 5.47. The van der Waals surface area contributed by atoms with Crippen molar-refractivity contribution in [1.29, 1.82) is 0 Å². The third-order valence-corrected chi connectivity index (χ3v) is 1.69. The predicted octanol–water partition coefficient (Wildman–Crippen LogP) is 3.26. The van der Waals surface area contributed by atoms with Crippen molar-refractivity contribution >= 4 is 5.69 Å². The van der Waals surface area contributed by atoms with E-state index in [2.05, 4.69) is 4.90 Å². The van der Waals surface area contributed by atoms with E-state index in [9.17, 15) is 0 Å². The van der Waals surface area contributed by atoms with Crippen LogP contribution in [-0.2, 0) is 0 Å². The van der Waals surface area contributed by atoms with Gasteiger partial charge >= 0.3 is 0 Å². The molecule has 3 heteroatoms. The number of rotatable bonds is 4. The van der Waals surface area contributed by atoms with Gasteiger partial charge in [-0.25, -0.2) is 0 Å². The lowest BCUT2D eigenvalue weighted by Gasteiger charge is -2.10. The second-order valence-electron chi connectivity index (χ2n) is 3.22. The zero-order valence-electron chi connectivity index (χ0n) is 12.2. The number of nitrogens with two attached hydrogens (primary N) is 1. The Balaban J connectivity index is 0. The molecule has 0 aromatic heterocycles. The summed E-state index contributed by atoms with van der Waals surface area (Å²) in [5.41, 5.74) is 6.30. The SMILES string of the molecule is CC.CC.CN(C)CCOc1ccc(N)cc1. The molecular weight excluding hydrogens is 212 g/mol. The molecule has 0 fully saturated rings. The Morgan fingerprint density at radius 1 is 1.00 bits per heavy atom. The van der Waals surface area contributed by atoms with Crippen molar-refractivity contribution in [2.24, 2.45) is 0 Å². The Bertz CT molecular complexity index is 245. The van der Waals surface area contributed by atoms with Crippen LogP contribution in [0.15, 0.2) is 24.3 Å². The summed E-state index contributed by atoms with van der Waals surface area (Å²) in [4.78, 5) is 2.08. The van der Waals surface area contributed by atoms with Crippen molar-refractivity contribution < 1.29 is 4.74 Å². The minimum Gasteiger partial charge on any atom is -0.492 e. The molecule has 0 saturated carbocycles. The Labute approximate surface area is 107 Å². The van der Waals surface area contributed by atoms with Gasteiger partial charge in [0.05, 0.1) is 0 Å². The van der Waals surface area contributed by atoms with E-state index in [-0.39, 0.29) is 0 Å². The fourth-order valence-corrected chi connectivity index (χ4v) is 0.910. The van der Waals surface area contributed by atoms with E-state index in [1.165, 1.54) is 0 Å². The van der Waals surface area contributed by atoms with E-state index >= 15 is 0 Å². The van der Waals surface area contributed by atoms with Gasteiger partial charge in [-0.2, -0.15) is 0 Å². The Hall–Kier alpha value is -1.22. The minimum atomic E-state index is 0.705. The number of benzene rings is 1. The molecule has 0 atom stereocenters. The van der Waals surface area contributed by atoms with Crippen molar-refractivity contribution in [2.45, 2.75) is 27.7 Å². The van der Waals surface area contributed by atoms with Crippen molar-refractivity contribution in [3.05, 3.63) is 24.3 Å². The van der Waals surface area contributed by atoms with Gasteiger partial charge in [0.25, 0.3) is 0 Å². The van der Waals surface area contributed by atoms with Gasteiger partial charge in [-0.05, 0) is 38.4 Å². The molecular formula is C14H28N2O. The van der Waals surface area contributed by atoms with E-state index in [1.54, 1.807) is 0 Å². The van der Waals surface area contributed by atoms with E-state index < -0.39 is 0 Å². The molecule has 0 aliphatic heterocycles. The summed E-state index contributed by atoms with van der Waals surface area (Å²) in [6.45, 7) is 9.63. The normalized spacial score (nSPS) is 8.65. The maximum Gasteiger partial charge on any atom is 0.119 e. The highest BCUT2D eigenvalue weighted by atomic mass is 16.5. The number of likely N-dealkylation sites (N-methyl/N-ethyl adjacent to an activating group) is 1. The van der Waals surface area contributed by atoms with Gasteiger partial charge in [-0.1, -0.05) is 27.7 Å². The van der Waals surface area contributed by atoms with Crippen LogP contribution in [0.2, 0.25) is 0 Å². The van der Waals surface area contributed by atoms with Crippen LogP contribution in [0, 0.1) is 0 Å². The molecule has 2 N–H and O–H groups in total. The Kier molecular flexibility index (Phi) is 13.7. The standard InChI is InChI=1S/C10H16N2O.2C2H6/c1-12(2)7-8-13-10-5-3-9(11)4-6-10;2*1-2/h3-6H,7-8,11H2,1-2H3;2*1-2H3. The minimum absolute atomic E-state index is 0.705. The smallest absolute Gasteiger partial charge is 0.119 e. The van der Waals surface area contributed by atoms with Gasteiger partial charge in [-0.15, -0.1) is 0 Å². The van der Waals surface area contributed by atoms with Crippen molar-refractivity contribution in [2.75, 3.05) is 33.0 Å². The van der Waals surface area contributed by atoms with Crippen molar-refractivity contribution in [3.63, 3.8) is 0 Å². The lowest BCUT2D eigenvalue weighted by molar-refractivity contribution is 0.261. The number of hydrogen-bond acceptors (Lipinski definition) is 3. The fourth-order valence-electron chi connectivity index (χ4n) is 0.910. The van der Waals surface area contributed by atoms with Crippen LogP contribution in [0.5, 0.6) is 5.75 Å². The summed E-state index contributed by atoms with van der Waals surface area (Å²) in [5.74, 6) is 0.871. The van der Waals surface area contributed by atoms with Gasteiger partial charge in [0, 0.05) is 12.2 Å². The highest BCUT2D eigenvalue weighted by Crippen LogP contribution is 2.12. The molecule has 100 valence electrons. The topological polar surface area (TPSA) is 38.5 Å². The highest BCUT2D eigenvalue weighted by Gasteiger charge is 1.93. The van der Waals surface area contributed by atoms with E-state index in [1.807, 2.05) is 66.1 Å². The zero-order chi connectivity index (χ0) is 13.7. The molecule has 0 unspecified atom stereocenters. The van der Waals surface area contributed by atoms with Crippen LogP contribution in [0.3, 0.4) is 0 Å². The van der Waals surface area contributed by atoms with Crippen LogP contribution >= 0.6 is 0 Å². The van der Waals surface area contributed by atoms with Gasteiger partial charge in [0.2, 0.25) is 0 Å². The molecule has 0 spiro atoms.